The molecule has 2 aromatic rings. The number of amides is 1. The second-order valence-electron chi connectivity index (χ2n) is 7.22. The second kappa shape index (κ2) is 7.08. The third kappa shape index (κ3) is 3.63. The lowest BCUT2D eigenvalue weighted by molar-refractivity contribution is 0.0704. The molecule has 2 N–H and O–H groups in total. The molecule has 1 aliphatic rings. The molecule has 1 saturated heterocycles. The molecular weight excluding hydrogens is 370 g/mol. The average Bonchev–Trinajstić information content (AvgIpc) is 3.18. The molecule has 1 aliphatic heterocycles. The first-order valence-electron chi connectivity index (χ1n) is 8.92. The molecule has 2 aromatic heterocycles. The molecule has 1 amide bonds. The van der Waals surface area contributed by atoms with Gasteiger partial charge in [0.2, 0.25) is 10.0 Å². The van der Waals surface area contributed by atoms with Crippen molar-refractivity contribution in [2.75, 3.05) is 13.1 Å². The van der Waals surface area contributed by atoms with E-state index in [1.54, 1.807) is 18.2 Å². The second-order valence-corrected chi connectivity index (χ2v) is 8.72. The van der Waals surface area contributed by atoms with Crippen LogP contribution in [0.2, 0.25) is 0 Å². The van der Waals surface area contributed by atoms with Crippen LogP contribution in [0.25, 0.3) is 0 Å². The zero-order chi connectivity index (χ0) is 19.9. The quantitative estimate of drug-likeness (QED) is 0.841. The van der Waals surface area contributed by atoms with E-state index in [1.807, 2.05) is 4.57 Å². The molecule has 1 fully saturated rings. The molecule has 3 heterocycles. The van der Waals surface area contributed by atoms with Crippen molar-refractivity contribution in [1.82, 2.24) is 19.7 Å². The van der Waals surface area contributed by atoms with E-state index in [1.165, 1.54) is 6.92 Å². The van der Waals surface area contributed by atoms with Crippen LogP contribution < -0.4 is 5.14 Å². The van der Waals surface area contributed by atoms with Crippen molar-refractivity contribution in [3.05, 3.63) is 29.2 Å². The summed E-state index contributed by atoms with van der Waals surface area (Å²) in [4.78, 5) is 14.4. The number of piperidine rings is 1. The van der Waals surface area contributed by atoms with Gasteiger partial charge in [0, 0.05) is 25.0 Å². The van der Waals surface area contributed by atoms with Crippen molar-refractivity contribution in [2.45, 2.75) is 57.4 Å². The van der Waals surface area contributed by atoms with Gasteiger partial charge in [-0.1, -0.05) is 0 Å². The minimum atomic E-state index is -4.05. The predicted octanol–water partition coefficient (Wildman–Crippen LogP) is 1.74. The number of furan rings is 1. The van der Waals surface area contributed by atoms with Crippen molar-refractivity contribution in [3.8, 4) is 0 Å². The molecule has 3 rings (SSSR count). The fourth-order valence-corrected chi connectivity index (χ4v) is 4.65. The first-order chi connectivity index (χ1) is 12.6. The van der Waals surface area contributed by atoms with Gasteiger partial charge in [0.15, 0.2) is 0 Å². The maximum absolute atomic E-state index is 13.0. The van der Waals surface area contributed by atoms with Gasteiger partial charge in [-0.15, -0.1) is 10.2 Å². The minimum absolute atomic E-state index is 0.0406. The van der Waals surface area contributed by atoms with Crippen molar-refractivity contribution < 1.29 is 17.6 Å². The molecule has 0 aliphatic carbocycles. The molecule has 27 heavy (non-hydrogen) atoms. The molecule has 0 radical (unpaired) electrons. The Balaban J connectivity index is 1.80. The number of hydrogen-bond donors (Lipinski definition) is 1. The molecular formula is C17H25N5O4S. The molecule has 0 saturated carbocycles. The van der Waals surface area contributed by atoms with Crippen LogP contribution in [0.4, 0.5) is 0 Å². The number of sulfonamides is 1. The monoisotopic (exact) mass is 395 g/mol. The smallest absolute Gasteiger partial charge is 0.258 e. The van der Waals surface area contributed by atoms with E-state index in [0.29, 0.717) is 13.1 Å². The van der Waals surface area contributed by atoms with Crippen LogP contribution in [0.5, 0.6) is 0 Å². The number of primary sulfonamides is 1. The molecule has 9 nitrogen and oxygen atoms in total. The van der Waals surface area contributed by atoms with Crippen LogP contribution >= 0.6 is 0 Å². The van der Waals surface area contributed by atoms with Gasteiger partial charge in [-0.05, 0) is 40.5 Å². The highest BCUT2D eigenvalue weighted by molar-refractivity contribution is 7.89. The minimum Gasteiger partial charge on any atom is -0.464 e. The van der Waals surface area contributed by atoms with Crippen LogP contribution in [0, 0.1) is 13.8 Å². The number of nitrogens with two attached hydrogens (primary N) is 1. The summed E-state index contributed by atoms with van der Waals surface area (Å²) in [5, 5.41) is 13.6. The maximum Gasteiger partial charge on any atom is 0.258 e. The first-order valence-corrected chi connectivity index (χ1v) is 10.5. The lowest BCUT2D eigenvalue weighted by Gasteiger charge is -2.32. The number of likely N-dealkylation sites (tertiary alicyclic amines) is 1. The van der Waals surface area contributed by atoms with Crippen LogP contribution in [-0.2, 0) is 10.0 Å². The first kappa shape index (κ1) is 19.6. The predicted molar refractivity (Wildman–Crippen MR) is 97.8 cm³/mol. The molecule has 10 heteroatoms. The van der Waals surface area contributed by atoms with Gasteiger partial charge in [0.25, 0.3) is 5.91 Å². The van der Waals surface area contributed by atoms with E-state index in [4.69, 9.17) is 9.56 Å². The lowest BCUT2D eigenvalue weighted by atomic mass is 9.95. The Morgan fingerprint density at radius 3 is 2.44 bits per heavy atom. The summed E-state index contributed by atoms with van der Waals surface area (Å²) in [7, 11) is -4.05. The topological polar surface area (TPSA) is 124 Å². The summed E-state index contributed by atoms with van der Waals surface area (Å²) < 4.78 is 31.3. The average molecular weight is 395 g/mol. The molecule has 0 bridgehead atoms. The van der Waals surface area contributed by atoms with E-state index in [-0.39, 0.29) is 39.8 Å². The number of nitrogens with zero attached hydrogens (tertiary/aromatic N) is 4. The molecule has 0 atom stereocenters. The number of aromatic nitrogens is 3. The Bertz CT molecular complexity index is 952. The highest BCUT2D eigenvalue weighted by atomic mass is 32.2. The van der Waals surface area contributed by atoms with Crippen molar-refractivity contribution in [3.63, 3.8) is 0 Å². The highest BCUT2D eigenvalue weighted by Gasteiger charge is 2.34. The zero-order valence-corrected chi connectivity index (χ0v) is 16.8. The number of aryl methyl sites for hydroxylation is 2. The summed E-state index contributed by atoms with van der Waals surface area (Å²) in [6.07, 6.45) is 3.20. The summed E-state index contributed by atoms with van der Waals surface area (Å²) in [6, 6.07) is 0.267. The highest BCUT2D eigenvalue weighted by Crippen LogP contribution is 2.31. The summed E-state index contributed by atoms with van der Waals surface area (Å²) in [5.74, 6) is 1.18. The van der Waals surface area contributed by atoms with Crippen LogP contribution in [0.1, 0.15) is 66.4 Å². The normalized spacial score (nSPS) is 16.3. The number of carbonyl (C=O) groups is 1. The van der Waals surface area contributed by atoms with Crippen molar-refractivity contribution >= 4 is 15.9 Å². The van der Waals surface area contributed by atoms with Crippen LogP contribution in [0.15, 0.2) is 15.6 Å². The largest absolute Gasteiger partial charge is 0.464 e. The van der Waals surface area contributed by atoms with E-state index in [2.05, 4.69) is 24.0 Å². The van der Waals surface area contributed by atoms with Crippen LogP contribution in [-0.4, -0.2) is 47.1 Å². The Kier molecular flexibility index (Phi) is 5.13. The molecule has 0 aromatic carbocycles. The SMILES string of the molecule is Cc1oc(C)c(S(N)(=O)=O)c1C(=O)N1CCC(c2nncn2C(C)C)CC1. The van der Waals surface area contributed by atoms with Crippen molar-refractivity contribution in [1.29, 1.82) is 0 Å². The Morgan fingerprint density at radius 2 is 1.89 bits per heavy atom. The van der Waals surface area contributed by atoms with Gasteiger partial charge < -0.3 is 13.9 Å². The van der Waals surface area contributed by atoms with Gasteiger partial charge in [0.1, 0.15) is 34.1 Å². The third-order valence-electron chi connectivity index (χ3n) is 5.01. The summed E-state index contributed by atoms with van der Waals surface area (Å²) >= 11 is 0. The van der Waals surface area contributed by atoms with Crippen LogP contribution in [0.3, 0.4) is 0 Å². The molecule has 0 unspecified atom stereocenters. The zero-order valence-electron chi connectivity index (χ0n) is 16.0. The Hall–Kier alpha value is -2.20. The van der Waals surface area contributed by atoms with Gasteiger partial charge in [-0.3, -0.25) is 4.79 Å². The molecule has 148 valence electrons. The van der Waals surface area contributed by atoms with Gasteiger partial charge in [0.05, 0.1) is 0 Å². The summed E-state index contributed by atoms with van der Waals surface area (Å²) in [5.41, 5.74) is 0.0406. The third-order valence-corrected chi connectivity index (χ3v) is 6.07. The standard InChI is InChI=1S/C17H25N5O4S/c1-10(2)22-9-19-20-16(22)13-5-7-21(8-6-13)17(23)14-11(3)26-12(4)15(14)27(18,24)25/h9-10,13H,5-8H2,1-4H3,(H2,18,24,25). The van der Waals surface area contributed by atoms with Crippen molar-refractivity contribution in [2.24, 2.45) is 5.14 Å². The van der Waals surface area contributed by atoms with E-state index < -0.39 is 10.0 Å². The van der Waals surface area contributed by atoms with Gasteiger partial charge >= 0.3 is 0 Å². The number of hydrogen-bond acceptors (Lipinski definition) is 6. The summed E-state index contributed by atoms with van der Waals surface area (Å²) in [6.45, 7) is 8.22. The Labute approximate surface area is 158 Å². The van der Waals surface area contributed by atoms with E-state index in [9.17, 15) is 13.2 Å². The van der Waals surface area contributed by atoms with Gasteiger partial charge in [-0.25, -0.2) is 13.6 Å². The van der Waals surface area contributed by atoms with Gasteiger partial charge in [-0.2, -0.15) is 0 Å². The fraction of sp³-hybridized carbons (Fsp3) is 0.588. The van der Waals surface area contributed by atoms with E-state index >= 15 is 0 Å². The maximum atomic E-state index is 13.0. The molecule has 0 spiro atoms. The van der Waals surface area contributed by atoms with E-state index in [0.717, 1.165) is 18.7 Å². The lowest BCUT2D eigenvalue weighted by Crippen LogP contribution is -2.39. The number of carbonyl (C=O) groups excluding carboxylic acids is 1. The fourth-order valence-electron chi connectivity index (χ4n) is 3.69. The number of rotatable bonds is 4. The Morgan fingerprint density at radius 1 is 1.26 bits per heavy atom.